The molecule has 0 aliphatic carbocycles. The number of aromatic nitrogens is 1. The van der Waals surface area contributed by atoms with Gasteiger partial charge in [0.25, 0.3) is 0 Å². The van der Waals surface area contributed by atoms with Crippen molar-refractivity contribution in [3.63, 3.8) is 0 Å². The minimum atomic E-state index is 0.242. The van der Waals surface area contributed by atoms with Crippen LogP contribution in [0.1, 0.15) is 24.6 Å². The third-order valence-electron chi connectivity index (χ3n) is 2.82. The smallest absolute Gasteiger partial charge is 0.131 e. The number of thiazole rings is 1. The highest BCUT2D eigenvalue weighted by molar-refractivity contribution is 7.07. The predicted molar refractivity (Wildman–Crippen MR) is 74.9 cm³/mol. The summed E-state index contributed by atoms with van der Waals surface area (Å²) >= 11 is 1.58. The molecule has 2 aromatic rings. The zero-order valence-electron chi connectivity index (χ0n) is 10.5. The SMILES string of the molecule is CCC(N)Cc1ccc(OCc2cscn2)cc1. The van der Waals surface area contributed by atoms with E-state index >= 15 is 0 Å². The predicted octanol–water partition coefficient (Wildman–Crippen LogP) is 3.00. The molecule has 0 aliphatic rings. The molecule has 1 atom stereocenters. The Kier molecular flexibility index (Phi) is 4.73. The minimum absolute atomic E-state index is 0.242. The number of nitrogens with zero attached hydrogens (tertiary/aromatic N) is 1. The lowest BCUT2D eigenvalue weighted by molar-refractivity contribution is 0.302. The highest BCUT2D eigenvalue weighted by Crippen LogP contribution is 2.15. The Morgan fingerprint density at radius 2 is 2.11 bits per heavy atom. The number of hydrogen-bond acceptors (Lipinski definition) is 4. The molecule has 18 heavy (non-hydrogen) atoms. The van der Waals surface area contributed by atoms with Gasteiger partial charge in [-0.25, -0.2) is 4.98 Å². The zero-order valence-corrected chi connectivity index (χ0v) is 11.3. The van der Waals surface area contributed by atoms with Crippen molar-refractivity contribution in [1.29, 1.82) is 0 Å². The van der Waals surface area contributed by atoms with Gasteiger partial charge in [0.2, 0.25) is 0 Å². The van der Waals surface area contributed by atoms with Crippen molar-refractivity contribution in [2.45, 2.75) is 32.4 Å². The van der Waals surface area contributed by atoms with Gasteiger partial charge in [0.15, 0.2) is 0 Å². The van der Waals surface area contributed by atoms with E-state index in [2.05, 4.69) is 24.0 Å². The van der Waals surface area contributed by atoms with Crippen LogP contribution in [0, 0.1) is 0 Å². The molecule has 0 fully saturated rings. The molecule has 0 saturated carbocycles. The van der Waals surface area contributed by atoms with Crippen molar-refractivity contribution in [2.24, 2.45) is 5.73 Å². The molecule has 2 N–H and O–H groups in total. The second-order valence-electron chi connectivity index (χ2n) is 4.28. The van der Waals surface area contributed by atoms with Crippen molar-refractivity contribution in [3.8, 4) is 5.75 Å². The van der Waals surface area contributed by atoms with Gasteiger partial charge in [-0.15, -0.1) is 11.3 Å². The molecule has 2 rings (SSSR count). The molecule has 1 aromatic heterocycles. The van der Waals surface area contributed by atoms with Crippen LogP contribution in [0.4, 0.5) is 0 Å². The van der Waals surface area contributed by atoms with Crippen LogP contribution in [0.25, 0.3) is 0 Å². The van der Waals surface area contributed by atoms with E-state index < -0.39 is 0 Å². The number of rotatable bonds is 6. The third-order valence-corrected chi connectivity index (χ3v) is 3.45. The summed E-state index contributed by atoms with van der Waals surface area (Å²) in [6.45, 7) is 2.63. The molecule has 96 valence electrons. The van der Waals surface area contributed by atoms with E-state index in [9.17, 15) is 0 Å². The molecule has 0 saturated heterocycles. The van der Waals surface area contributed by atoms with E-state index in [1.807, 2.05) is 23.0 Å². The van der Waals surface area contributed by atoms with Crippen LogP contribution in [0.3, 0.4) is 0 Å². The van der Waals surface area contributed by atoms with E-state index in [1.54, 1.807) is 11.3 Å². The zero-order chi connectivity index (χ0) is 12.8. The normalized spacial score (nSPS) is 12.3. The van der Waals surface area contributed by atoms with Crippen LogP contribution in [0.15, 0.2) is 35.2 Å². The van der Waals surface area contributed by atoms with Crippen LogP contribution in [-0.2, 0) is 13.0 Å². The van der Waals surface area contributed by atoms with E-state index in [0.29, 0.717) is 6.61 Å². The largest absolute Gasteiger partial charge is 0.487 e. The maximum absolute atomic E-state index is 5.93. The molecule has 1 unspecified atom stereocenters. The van der Waals surface area contributed by atoms with Crippen molar-refractivity contribution >= 4 is 11.3 Å². The van der Waals surface area contributed by atoms with Gasteiger partial charge in [-0.1, -0.05) is 19.1 Å². The molecular formula is C14H18N2OS. The van der Waals surface area contributed by atoms with Crippen LogP contribution >= 0.6 is 11.3 Å². The molecular weight excluding hydrogens is 244 g/mol. The number of benzene rings is 1. The molecule has 4 heteroatoms. The van der Waals surface area contributed by atoms with Crippen LogP contribution in [0.5, 0.6) is 5.75 Å². The molecule has 3 nitrogen and oxygen atoms in total. The molecule has 0 amide bonds. The van der Waals surface area contributed by atoms with E-state index in [1.165, 1.54) is 5.56 Å². The summed E-state index contributed by atoms with van der Waals surface area (Å²) in [6.07, 6.45) is 1.92. The summed E-state index contributed by atoms with van der Waals surface area (Å²) in [6, 6.07) is 8.37. The fourth-order valence-electron chi connectivity index (χ4n) is 1.63. The lowest BCUT2D eigenvalue weighted by Crippen LogP contribution is -2.21. The van der Waals surface area contributed by atoms with Gasteiger partial charge in [0, 0.05) is 11.4 Å². The fourth-order valence-corrected chi connectivity index (χ4v) is 2.18. The summed E-state index contributed by atoms with van der Waals surface area (Å²) in [5, 5.41) is 1.99. The molecule has 1 heterocycles. The number of ether oxygens (including phenoxy) is 1. The average molecular weight is 262 g/mol. The van der Waals surface area contributed by atoms with Gasteiger partial charge >= 0.3 is 0 Å². The Hall–Kier alpha value is -1.39. The lowest BCUT2D eigenvalue weighted by atomic mass is 10.0. The second-order valence-corrected chi connectivity index (χ2v) is 5.00. The van der Waals surface area contributed by atoms with Crippen molar-refractivity contribution in [2.75, 3.05) is 0 Å². The van der Waals surface area contributed by atoms with E-state index in [-0.39, 0.29) is 6.04 Å². The Morgan fingerprint density at radius 1 is 1.33 bits per heavy atom. The summed E-state index contributed by atoms with van der Waals surface area (Å²) in [5.41, 5.74) is 9.97. The highest BCUT2D eigenvalue weighted by atomic mass is 32.1. The molecule has 0 spiro atoms. The molecule has 0 radical (unpaired) electrons. The first kappa shape index (κ1) is 13.1. The first-order valence-electron chi connectivity index (χ1n) is 6.12. The van der Waals surface area contributed by atoms with Crippen molar-refractivity contribution in [3.05, 3.63) is 46.4 Å². The van der Waals surface area contributed by atoms with Gasteiger partial charge in [0.1, 0.15) is 12.4 Å². The minimum Gasteiger partial charge on any atom is -0.487 e. The van der Waals surface area contributed by atoms with E-state index in [4.69, 9.17) is 10.5 Å². The van der Waals surface area contributed by atoms with Crippen molar-refractivity contribution < 1.29 is 4.74 Å². The summed E-state index contributed by atoms with van der Waals surface area (Å²) in [7, 11) is 0. The Morgan fingerprint density at radius 3 is 2.72 bits per heavy atom. The standard InChI is InChI=1S/C14H18N2OS/c1-2-12(15)7-11-3-5-14(6-4-11)17-8-13-9-18-10-16-13/h3-6,9-10,12H,2,7-8,15H2,1H3. The van der Waals surface area contributed by atoms with Gasteiger partial charge in [-0.3, -0.25) is 0 Å². The topological polar surface area (TPSA) is 48.1 Å². The number of nitrogens with two attached hydrogens (primary N) is 1. The van der Waals surface area contributed by atoms with Gasteiger partial charge in [-0.2, -0.15) is 0 Å². The van der Waals surface area contributed by atoms with Gasteiger partial charge in [0.05, 0.1) is 11.2 Å². The Bertz CT molecular complexity index is 453. The summed E-state index contributed by atoms with van der Waals surface area (Å²) in [5.74, 6) is 0.872. The lowest BCUT2D eigenvalue weighted by Gasteiger charge is -2.09. The Labute approximate surface area is 112 Å². The Balaban J connectivity index is 1.87. The summed E-state index contributed by atoms with van der Waals surface area (Å²) in [4.78, 5) is 4.18. The van der Waals surface area contributed by atoms with Crippen LogP contribution in [-0.4, -0.2) is 11.0 Å². The average Bonchev–Trinajstić information content (AvgIpc) is 2.91. The summed E-state index contributed by atoms with van der Waals surface area (Å²) < 4.78 is 5.65. The van der Waals surface area contributed by atoms with Gasteiger partial charge in [-0.05, 0) is 30.5 Å². The number of hydrogen-bond donors (Lipinski definition) is 1. The monoisotopic (exact) mass is 262 g/mol. The molecule has 0 aliphatic heterocycles. The van der Waals surface area contributed by atoms with Crippen molar-refractivity contribution in [1.82, 2.24) is 4.98 Å². The maximum Gasteiger partial charge on any atom is 0.131 e. The van der Waals surface area contributed by atoms with Gasteiger partial charge < -0.3 is 10.5 Å². The highest BCUT2D eigenvalue weighted by Gasteiger charge is 2.02. The second kappa shape index (κ2) is 6.52. The maximum atomic E-state index is 5.93. The first-order chi connectivity index (χ1) is 8.78. The third kappa shape index (κ3) is 3.82. The first-order valence-corrected chi connectivity index (χ1v) is 7.06. The van der Waals surface area contributed by atoms with E-state index in [0.717, 1.165) is 24.3 Å². The fraction of sp³-hybridized carbons (Fsp3) is 0.357. The van der Waals surface area contributed by atoms with Crippen LogP contribution < -0.4 is 10.5 Å². The molecule has 1 aromatic carbocycles. The van der Waals surface area contributed by atoms with Crippen LogP contribution in [0.2, 0.25) is 0 Å². The quantitative estimate of drug-likeness (QED) is 0.870. The molecule has 0 bridgehead atoms.